The van der Waals surface area contributed by atoms with Crippen molar-refractivity contribution in [1.29, 1.82) is 0 Å². The first-order chi connectivity index (χ1) is 23.4. The first-order valence-electron chi connectivity index (χ1n) is 14.4. The highest BCUT2D eigenvalue weighted by Gasteiger charge is 2.51. The van der Waals surface area contributed by atoms with E-state index in [9.17, 15) is 38.6 Å². The fourth-order valence-electron chi connectivity index (χ4n) is 4.18. The molecule has 2 aromatic carbocycles. The van der Waals surface area contributed by atoms with Gasteiger partial charge in [-0.3, -0.25) is 20.2 Å². The van der Waals surface area contributed by atoms with Gasteiger partial charge in [-0.2, -0.15) is 8.78 Å². The molecule has 0 amide bonds. The van der Waals surface area contributed by atoms with E-state index in [1.165, 1.54) is 63.0 Å². The van der Waals surface area contributed by atoms with Crippen molar-refractivity contribution in [2.45, 2.75) is 38.9 Å². The van der Waals surface area contributed by atoms with Crippen molar-refractivity contribution in [3.63, 3.8) is 0 Å². The normalized spacial score (nSPS) is 13.9. The van der Waals surface area contributed by atoms with Gasteiger partial charge in [0.05, 0.1) is 56.4 Å². The minimum atomic E-state index is -0.742. The van der Waals surface area contributed by atoms with Crippen LogP contribution in [0.25, 0.3) is 11.1 Å². The van der Waals surface area contributed by atoms with Crippen molar-refractivity contribution in [1.82, 2.24) is 9.97 Å². The number of benzene rings is 2. The quantitative estimate of drug-likeness (QED) is 0.0710. The van der Waals surface area contributed by atoms with Gasteiger partial charge in [0.25, 0.3) is 11.4 Å². The first-order valence-corrected chi connectivity index (χ1v) is 15.2. The molecule has 0 unspecified atom stereocenters. The van der Waals surface area contributed by atoms with Gasteiger partial charge in [0, 0.05) is 30.6 Å². The van der Waals surface area contributed by atoms with E-state index in [-0.39, 0.29) is 28.1 Å². The number of methoxy groups -OCH3 is 2. The fraction of sp³-hybridized carbons (Fsp3) is 0.250. The van der Waals surface area contributed by atoms with Crippen LogP contribution < -0.4 is 5.46 Å². The smallest absolute Gasteiger partial charge is 0.465 e. The summed E-state index contributed by atoms with van der Waals surface area (Å²) in [5.74, 6) is -2.54. The Hall–Kier alpha value is -5.20. The molecule has 4 aromatic rings. The van der Waals surface area contributed by atoms with Crippen LogP contribution in [0, 0.1) is 32.1 Å². The average molecular weight is 759 g/mol. The van der Waals surface area contributed by atoms with Crippen LogP contribution in [0.15, 0.2) is 77.5 Å². The zero-order valence-electron chi connectivity index (χ0n) is 27.5. The predicted octanol–water partition coefficient (Wildman–Crippen LogP) is 6.25. The number of rotatable bonds is 6. The van der Waals surface area contributed by atoms with E-state index in [1.54, 1.807) is 6.07 Å². The highest BCUT2D eigenvalue weighted by atomic mass is 79.9. The molecule has 0 atom stereocenters. The number of hydrogen-bond acceptors (Lipinski definition) is 12. The molecule has 5 rings (SSSR count). The molecule has 262 valence electrons. The number of carbonyl (C=O) groups excluding carboxylic acids is 2. The van der Waals surface area contributed by atoms with Gasteiger partial charge in [0.15, 0.2) is 0 Å². The Balaban J connectivity index is 0.000000207. The number of ether oxygens (including phenoxy) is 2. The lowest BCUT2D eigenvalue weighted by atomic mass is 9.80. The van der Waals surface area contributed by atoms with Crippen molar-refractivity contribution in [3.8, 4) is 11.1 Å². The molecule has 3 heterocycles. The minimum Gasteiger partial charge on any atom is -0.465 e. The number of halogens is 3. The molecule has 0 spiro atoms. The van der Waals surface area contributed by atoms with Gasteiger partial charge < -0.3 is 18.8 Å². The number of pyridine rings is 2. The molecule has 14 nitrogen and oxygen atoms in total. The van der Waals surface area contributed by atoms with Gasteiger partial charge in [-0.1, -0.05) is 0 Å². The summed E-state index contributed by atoms with van der Waals surface area (Å²) >= 11 is 3.01. The molecule has 1 aliphatic rings. The number of carbonyl (C=O) groups is 2. The highest BCUT2D eigenvalue weighted by molar-refractivity contribution is 9.10. The number of nitro groups is 2. The maximum absolute atomic E-state index is 13.1. The van der Waals surface area contributed by atoms with Crippen LogP contribution >= 0.6 is 15.9 Å². The first kappa shape index (κ1) is 39.2. The van der Waals surface area contributed by atoms with Crippen LogP contribution in [0.1, 0.15) is 48.4 Å². The second kappa shape index (κ2) is 16.5. The average Bonchev–Trinajstić information content (AvgIpc) is 3.30. The summed E-state index contributed by atoms with van der Waals surface area (Å²) < 4.78 is 46.9. The maximum Gasteiger partial charge on any atom is 0.495 e. The Morgan fingerprint density at radius 1 is 0.760 bits per heavy atom. The van der Waals surface area contributed by atoms with Gasteiger partial charge in [-0.25, -0.2) is 19.6 Å². The molecule has 1 fully saturated rings. The Morgan fingerprint density at radius 2 is 1.24 bits per heavy atom. The van der Waals surface area contributed by atoms with E-state index < -0.39 is 52.0 Å². The van der Waals surface area contributed by atoms with E-state index in [4.69, 9.17) is 9.31 Å². The van der Waals surface area contributed by atoms with Gasteiger partial charge in [0.2, 0.25) is 11.9 Å². The van der Waals surface area contributed by atoms with E-state index in [0.29, 0.717) is 15.5 Å². The lowest BCUT2D eigenvalue weighted by molar-refractivity contribution is -0.385. The molecule has 0 radical (unpaired) electrons. The van der Waals surface area contributed by atoms with Gasteiger partial charge in [-0.05, 0) is 97.1 Å². The molecular weight excluding hydrogens is 729 g/mol. The summed E-state index contributed by atoms with van der Waals surface area (Å²) in [7, 11) is 1.87. The van der Waals surface area contributed by atoms with E-state index in [2.05, 4.69) is 35.4 Å². The molecule has 0 N–H and O–H groups in total. The molecule has 18 heteroatoms. The molecule has 1 saturated heterocycles. The zero-order chi connectivity index (χ0) is 37.4. The summed E-state index contributed by atoms with van der Waals surface area (Å²) in [6.07, 6.45) is 2.62. The molecule has 2 aromatic heterocycles. The molecule has 0 saturated carbocycles. The molecular formula is C32H30BBrF2N4O10. The summed E-state index contributed by atoms with van der Waals surface area (Å²) in [5, 5.41) is 21.6. The number of nitro benzene ring substituents is 2. The monoisotopic (exact) mass is 758 g/mol. The molecule has 0 bridgehead atoms. The van der Waals surface area contributed by atoms with Crippen LogP contribution in [0.4, 0.5) is 20.2 Å². The Bertz CT molecular complexity index is 1900. The van der Waals surface area contributed by atoms with Crippen molar-refractivity contribution in [2.24, 2.45) is 0 Å². The van der Waals surface area contributed by atoms with Crippen molar-refractivity contribution in [2.75, 3.05) is 14.2 Å². The van der Waals surface area contributed by atoms with Gasteiger partial charge >= 0.3 is 19.1 Å². The molecule has 50 heavy (non-hydrogen) atoms. The van der Waals surface area contributed by atoms with E-state index >= 15 is 0 Å². The predicted molar refractivity (Wildman–Crippen MR) is 180 cm³/mol. The van der Waals surface area contributed by atoms with Gasteiger partial charge in [0.1, 0.15) is 0 Å². The van der Waals surface area contributed by atoms with E-state index in [0.717, 1.165) is 18.2 Å². The third kappa shape index (κ3) is 9.70. The summed E-state index contributed by atoms with van der Waals surface area (Å²) in [6.45, 7) is 7.85. The Morgan fingerprint density at radius 3 is 1.72 bits per heavy atom. The highest BCUT2D eigenvalue weighted by Crippen LogP contribution is 2.36. The van der Waals surface area contributed by atoms with Crippen LogP contribution in [0.5, 0.6) is 0 Å². The number of hydrogen-bond donors (Lipinski definition) is 0. The van der Waals surface area contributed by atoms with E-state index in [1.807, 2.05) is 27.7 Å². The van der Waals surface area contributed by atoms with Crippen molar-refractivity contribution in [3.05, 3.63) is 121 Å². The number of aromatic nitrogens is 2. The third-order valence-corrected chi connectivity index (χ3v) is 8.16. The maximum atomic E-state index is 13.1. The second-order valence-electron chi connectivity index (χ2n) is 11.3. The van der Waals surface area contributed by atoms with Crippen LogP contribution in [0.3, 0.4) is 0 Å². The number of esters is 2. The Kier molecular flexibility index (Phi) is 12.9. The number of nitrogens with zero attached hydrogens (tertiary/aromatic N) is 4. The summed E-state index contributed by atoms with van der Waals surface area (Å²) in [5.41, 5.74) is 0.0939. The standard InChI is InChI=1S/C13H9FN2O4.C11H15BFNO2.C8H6BrNO4/c1-20-13(17)9-2-3-10(11(6-9)16(18)19)8-4-5-15-12(14)7-8;1-10(2)11(3,4)16-12(15-10)8-5-6-14-9(13)7-8;1-14-8(11)5-2-3-6(9)7(4-5)10(12)13/h2-7H,1H3;5-7H,1-4H3;2-4H,1H3. The fourth-order valence-corrected chi connectivity index (χ4v) is 4.57. The van der Waals surface area contributed by atoms with Crippen LogP contribution in [0.2, 0.25) is 0 Å². The van der Waals surface area contributed by atoms with Crippen LogP contribution in [-0.4, -0.2) is 64.3 Å². The lowest BCUT2D eigenvalue weighted by Crippen LogP contribution is -2.41. The molecule has 1 aliphatic heterocycles. The largest absolute Gasteiger partial charge is 0.495 e. The van der Waals surface area contributed by atoms with Crippen molar-refractivity contribution < 1.29 is 47.0 Å². The Labute approximate surface area is 293 Å². The minimum absolute atomic E-state index is 0.0532. The summed E-state index contributed by atoms with van der Waals surface area (Å²) in [4.78, 5) is 49.7. The van der Waals surface area contributed by atoms with Crippen LogP contribution in [-0.2, 0) is 18.8 Å². The summed E-state index contributed by atoms with van der Waals surface area (Å²) in [6, 6.07) is 13.5. The SMILES string of the molecule is CC1(C)OB(c2ccnc(F)c2)OC1(C)C.COC(=O)c1ccc(-c2ccnc(F)c2)c([N+](=O)[O-])c1.COC(=O)c1ccc(Br)c([N+](=O)[O-])c1. The van der Waals surface area contributed by atoms with Gasteiger partial charge in [-0.15, -0.1) is 0 Å². The third-order valence-electron chi connectivity index (χ3n) is 7.49. The second-order valence-corrected chi connectivity index (χ2v) is 12.1. The topological polar surface area (TPSA) is 183 Å². The lowest BCUT2D eigenvalue weighted by Gasteiger charge is -2.32. The molecule has 0 aliphatic carbocycles. The zero-order valence-corrected chi connectivity index (χ0v) is 29.1. The van der Waals surface area contributed by atoms with Crippen molar-refractivity contribution >= 4 is 51.8 Å².